The fourth-order valence-electron chi connectivity index (χ4n) is 2.64. The average molecular weight is 338 g/mol. The molecule has 0 saturated heterocycles. The minimum atomic E-state index is -0.420. The molecule has 1 atom stereocenters. The second-order valence-electron chi connectivity index (χ2n) is 5.56. The molecule has 3 rings (SSSR count). The van der Waals surface area contributed by atoms with Crippen molar-refractivity contribution in [1.82, 2.24) is 20.1 Å². The van der Waals surface area contributed by atoms with Gasteiger partial charge in [-0.25, -0.2) is 4.68 Å². The van der Waals surface area contributed by atoms with Crippen LogP contribution in [0.15, 0.2) is 53.5 Å². The summed E-state index contributed by atoms with van der Waals surface area (Å²) in [6.45, 7) is 0.270. The van der Waals surface area contributed by atoms with Crippen LogP contribution in [0.25, 0.3) is 10.8 Å². The molecule has 0 unspecified atom stereocenters. The number of pyridine rings is 1. The quantitative estimate of drug-likeness (QED) is 0.761. The van der Waals surface area contributed by atoms with Crippen LogP contribution in [-0.2, 0) is 11.8 Å². The molecule has 0 spiro atoms. The fourth-order valence-corrected chi connectivity index (χ4v) is 2.64. The zero-order valence-electron chi connectivity index (χ0n) is 14.0. The van der Waals surface area contributed by atoms with E-state index in [-0.39, 0.29) is 23.8 Å². The van der Waals surface area contributed by atoms with Gasteiger partial charge in [0.1, 0.15) is 0 Å². The Hall–Kier alpha value is -3.06. The smallest absolute Gasteiger partial charge is 0.274 e. The first kappa shape index (κ1) is 16.8. The highest BCUT2D eigenvalue weighted by atomic mass is 16.5. The normalized spacial score (nSPS) is 12.1. The lowest BCUT2D eigenvalue weighted by atomic mass is 10.1. The first-order chi connectivity index (χ1) is 12.1. The predicted molar refractivity (Wildman–Crippen MR) is 93.3 cm³/mol. The van der Waals surface area contributed by atoms with Crippen LogP contribution in [-0.4, -0.2) is 34.4 Å². The third-order valence-corrected chi connectivity index (χ3v) is 3.86. The van der Waals surface area contributed by atoms with Crippen molar-refractivity contribution in [2.75, 3.05) is 13.7 Å². The zero-order chi connectivity index (χ0) is 17.8. The SMILES string of the molecule is COC[C@H](NC(=O)c1nn(C)c(=O)c2ccccc12)c1ccccn1. The van der Waals surface area contributed by atoms with Crippen LogP contribution in [0.3, 0.4) is 0 Å². The number of nitrogens with zero attached hydrogens (tertiary/aromatic N) is 3. The number of benzene rings is 1. The van der Waals surface area contributed by atoms with Gasteiger partial charge in [-0.1, -0.05) is 24.3 Å². The summed E-state index contributed by atoms with van der Waals surface area (Å²) in [5.74, 6) is -0.389. The van der Waals surface area contributed by atoms with Gasteiger partial charge in [-0.15, -0.1) is 0 Å². The number of nitrogens with one attached hydrogen (secondary N) is 1. The highest BCUT2D eigenvalue weighted by Crippen LogP contribution is 2.15. The van der Waals surface area contributed by atoms with Crippen molar-refractivity contribution in [2.45, 2.75) is 6.04 Å². The van der Waals surface area contributed by atoms with Crippen molar-refractivity contribution in [2.24, 2.45) is 7.05 Å². The van der Waals surface area contributed by atoms with Crippen LogP contribution >= 0.6 is 0 Å². The van der Waals surface area contributed by atoms with Gasteiger partial charge < -0.3 is 10.1 Å². The van der Waals surface area contributed by atoms with E-state index in [9.17, 15) is 9.59 Å². The summed E-state index contributed by atoms with van der Waals surface area (Å²) in [7, 11) is 3.08. The third kappa shape index (κ3) is 3.41. The molecule has 1 N–H and O–H groups in total. The van der Waals surface area contributed by atoms with E-state index in [1.807, 2.05) is 12.1 Å². The molecule has 3 aromatic rings. The van der Waals surface area contributed by atoms with Gasteiger partial charge in [-0.2, -0.15) is 5.10 Å². The Morgan fingerprint density at radius 1 is 1.20 bits per heavy atom. The molecule has 1 aromatic carbocycles. The average Bonchev–Trinajstić information content (AvgIpc) is 2.65. The fraction of sp³-hybridized carbons (Fsp3) is 0.222. The van der Waals surface area contributed by atoms with E-state index in [2.05, 4.69) is 15.4 Å². The van der Waals surface area contributed by atoms with Gasteiger partial charge >= 0.3 is 0 Å². The van der Waals surface area contributed by atoms with E-state index >= 15 is 0 Å². The van der Waals surface area contributed by atoms with Crippen LogP contribution in [0, 0.1) is 0 Å². The lowest BCUT2D eigenvalue weighted by Crippen LogP contribution is -2.34. The second kappa shape index (κ2) is 7.23. The summed E-state index contributed by atoms with van der Waals surface area (Å²) < 4.78 is 6.37. The second-order valence-corrected chi connectivity index (χ2v) is 5.56. The molecule has 7 heteroatoms. The molecule has 0 aliphatic heterocycles. The highest BCUT2D eigenvalue weighted by Gasteiger charge is 2.20. The molecule has 128 valence electrons. The summed E-state index contributed by atoms with van der Waals surface area (Å²) in [5.41, 5.74) is 0.631. The summed E-state index contributed by atoms with van der Waals surface area (Å²) >= 11 is 0. The number of ether oxygens (including phenoxy) is 1. The Labute approximate surface area is 144 Å². The maximum atomic E-state index is 12.8. The molecule has 0 saturated carbocycles. The Morgan fingerprint density at radius 3 is 2.60 bits per heavy atom. The van der Waals surface area contributed by atoms with Gasteiger partial charge in [0.15, 0.2) is 5.69 Å². The van der Waals surface area contributed by atoms with Gasteiger partial charge in [0.25, 0.3) is 11.5 Å². The Kier molecular flexibility index (Phi) is 4.85. The molecule has 7 nitrogen and oxygen atoms in total. The number of aryl methyl sites for hydroxylation is 1. The maximum absolute atomic E-state index is 12.8. The molecule has 0 radical (unpaired) electrons. The van der Waals surface area contributed by atoms with Crippen LogP contribution in [0.4, 0.5) is 0 Å². The molecular weight excluding hydrogens is 320 g/mol. The maximum Gasteiger partial charge on any atom is 0.274 e. The van der Waals surface area contributed by atoms with Gasteiger partial charge in [0, 0.05) is 25.7 Å². The minimum Gasteiger partial charge on any atom is -0.382 e. The van der Waals surface area contributed by atoms with E-state index in [0.29, 0.717) is 16.5 Å². The van der Waals surface area contributed by atoms with E-state index in [4.69, 9.17) is 4.74 Å². The number of carbonyl (C=O) groups excluding carboxylic acids is 1. The summed E-state index contributed by atoms with van der Waals surface area (Å²) in [6, 6.07) is 12.0. The van der Waals surface area contributed by atoms with Crippen molar-refractivity contribution >= 4 is 16.7 Å². The monoisotopic (exact) mass is 338 g/mol. The summed E-state index contributed by atoms with van der Waals surface area (Å²) in [4.78, 5) is 29.3. The number of hydrogen-bond donors (Lipinski definition) is 1. The molecule has 25 heavy (non-hydrogen) atoms. The van der Waals surface area contributed by atoms with Crippen LogP contribution in [0.2, 0.25) is 0 Å². The number of carbonyl (C=O) groups is 1. The van der Waals surface area contributed by atoms with Gasteiger partial charge in [0.05, 0.1) is 23.7 Å². The van der Waals surface area contributed by atoms with Gasteiger partial charge in [0.2, 0.25) is 0 Å². The Bertz CT molecular complexity index is 953. The molecular formula is C18H18N4O3. The van der Waals surface area contributed by atoms with E-state index in [1.165, 1.54) is 11.7 Å². The molecule has 0 bridgehead atoms. The van der Waals surface area contributed by atoms with Crippen LogP contribution < -0.4 is 10.9 Å². The number of methoxy groups -OCH3 is 1. The molecule has 0 aliphatic carbocycles. The highest BCUT2D eigenvalue weighted by molar-refractivity contribution is 6.04. The molecule has 2 heterocycles. The third-order valence-electron chi connectivity index (χ3n) is 3.86. The molecule has 0 fully saturated rings. The number of rotatable bonds is 5. The minimum absolute atomic E-state index is 0.190. The van der Waals surface area contributed by atoms with Gasteiger partial charge in [-0.05, 0) is 18.2 Å². The van der Waals surface area contributed by atoms with Crippen molar-refractivity contribution in [1.29, 1.82) is 0 Å². The molecule has 0 aliphatic rings. The summed E-state index contributed by atoms with van der Waals surface area (Å²) in [6.07, 6.45) is 1.66. The first-order valence-electron chi connectivity index (χ1n) is 7.78. The number of aromatic nitrogens is 3. The summed E-state index contributed by atoms with van der Waals surface area (Å²) in [5, 5.41) is 7.99. The largest absolute Gasteiger partial charge is 0.382 e. The van der Waals surface area contributed by atoms with Crippen molar-refractivity contribution < 1.29 is 9.53 Å². The van der Waals surface area contributed by atoms with E-state index < -0.39 is 6.04 Å². The zero-order valence-corrected chi connectivity index (χ0v) is 14.0. The first-order valence-corrected chi connectivity index (χ1v) is 7.78. The molecule has 1 amide bonds. The van der Waals surface area contributed by atoms with E-state index in [1.54, 1.807) is 43.6 Å². The Morgan fingerprint density at radius 2 is 1.92 bits per heavy atom. The number of fused-ring (bicyclic) bond motifs is 1. The lowest BCUT2D eigenvalue weighted by molar-refractivity contribution is 0.0889. The topological polar surface area (TPSA) is 86.1 Å². The number of hydrogen-bond acceptors (Lipinski definition) is 5. The standard InChI is InChI=1S/C18H18N4O3/c1-22-18(24)13-8-4-3-7-12(13)16(21-22)17(23)20-15(11-25-2)14-9-5-6-10-19-14/h3-10,15H,11H2,1-2H3,(H,20,23)/t15-/m0/s1. The van der Waals surface area contributed by atoms with Crippen molar-refractivity contribution in [3.05, 3.63) is 70.4 Å². The van der Waals surface area contributed by atoms with Crippen molar-refractivity contribution in [3.63, 3.8) is 0 Å². The van der Waals surface area contributed by atoms with Gasteiger partial charge in [-0.3, -0.25) is 14.6 Å². The number of amides is 1. The van der Waals surface area contributed by atoms with Crippen LogP contribution in [0.1, 0.15) is 22.2 Å². The molecule has 2 aromatic heterocycles. The van der Waals surface area contributed by atoms with Crippen molar-refractivity contribution in [3.8, 4) is 0 Å². The Balaban J connectivity index is 1.99. The van der Waals surface area contributed by atoms with E-state index in [0.717, 1.165) is 0 Å². The lowest BCUT2D eigenvalue weighted by Gasteiger charge is -2.18. The van der Waals surface area contributed by atoms with Crippen LogP contribution in [0.5, 0.6) is 0 Å². The predicted octanol–water partition coefficient (Wildman–Crippen LogP) is 1.45.